The standard InChI is InChI=1S/C31H30FN3O3S/c1-2-23-8-10-24(11-9-23)20-34(29-18-19-39(37,38)22-29)30(36)17-14-26-21-35(28-6-4-3-5-7-28)33-31(26)25-12-15-27(32)16-13-25/h3-17,21,29H,2,18-20,22H2,1H3. The van der Waals surface area contributed by atoms with Crippen LogP contribution in [0.25, 0.3) is 23.0 Å². The second-order valence-corrected chi connectivity index (χ2v) is 12.0. The van der Waals surface area contributed by atoms with Crippen molar-refractivity contribution in [2.24, 2.45) is 0 Å². The first-order chi connectivity index (χ1) is 18.8. The zero-order valence-electron chi connectivity index (χ0n) is 21.7. The Morgan fingerprint density at radius 3 is 2.36 bits per heavy atom. The lowest BCUT2D eigenvalue weighted by Crippen LogP contribution is -2.39. The number of aryl methyl sites for hydroxylation is 1. The first-order valence-electron chi connectivity index (χ1n) is 13.0. The minimum atomic E-state index is -3.18. The summed E-state index contributed by atoms with van der Waals surface area (Å²) in [4.78, 5) is 15.2. The van der Waals surface area contributed by atoms with Crippen molar-refractivity contribution in [1.82, 2.24) is 14.7 Å². The second-order valence-electron chi connectivity index (χ2n) is 9.75. The molecule has 4 aromatic rings. The average Bonchev–Trinajstić information content (AvgIpc) is 3.54. The third-order valence-electron chi connectivity index (χ3n) is 7.00. The number of hydrogen-bond acceptors (Lipinski definition) is 4. The zero-order chi connectivity index (χ0) is 27.4. The third kappa shape index (κ3) is 6.34. The molecule has 1 saturated heterocycles. The lowest BCUT2D eigenvalue weighted by molar-refractivity contribution is -0.128. The van der Waals surface area contributed by atoms with Crippen molar-refractivity contribution in [3.05, 3.63) is 114 Å². The molecule has 0 radical (unpaired) electrons. The second kappa shape index (κ2) is 11.4. The molecule has 0 bridgehead atoms. The highest BCUT2D eigenvalue weighted by Gasteiger charge is 2.34. The van der Waals surface area contributed by atoms with Crippen LogP contribution in [-0.2, 0) is 27.6 Å². The number of amides is 1. The number of carbonyl (C=O) groups is 1. The Bertz CT molecular complexity index is 1580. The molecule has 0 aliphatic carbocycles. The van der Waals surface area contributed by atoms with Crippen LogP contribution in [0.3, 0.4) is 0 Å². The van der Waals surface area contributed by atoms with Gasteiger partial charge in [0.15, 0.2) is 9.84 Å². The summed E-state index contributed by atoms with van der Waals surface area (Å²) >= 11 is 0. The minimum Gasteiger partial charge on any atom is -0.331 e. The quantitative estimate of drug-likeness (QED) is 0.276. The van der Waals surface area contributed by atoms with Crippen molar-refractivity contribution in [1.29, 1.82) is 0 Å². The Kier molecular flexibility index (Phi) is 7.74. The topological polar surface area (TPSA) is 72.3 Å². The van der Waals surface area contributed by atoms with Crippen LogP contribution in [0.5, 0.6) is 0 Å². The van der Waals surface area contributed by atoms with Gasteiger partial charge in [-0.2, -0.15) is 5.10 Å². The minimum absolute atomic E-state index is 0.0353. The first kappa shape index (κ1) is 26.6. The van der Waals surface area contributed by atoms with Gasteiger partial charge in [0, 0.05) is 36.0 Å². The zero-order valence-corrected chi connectivity index (χ0v) is 22.5. The molecule has 5 rings (SSSR count). The number of nitrogens with zero attached hydrogens (tertiary/aromatic N) is 3. The van der Waals surface area contributed by atoms with Gasteiger partial charge in [0.05, 0.1) is 22.9 Å². The van der Waals surface area contributed by atoms with Crippen molar-refractivity contribution in [2.45, 2.75) is 32.4 Å². The fraction of sp³-hybridized carbons (Fsp3) is 0.226. The molecule has 1 unspecified atom stereocenters. The van der Waals surface area contributed by atoms with Crippen molar-refractivity contribution < 1.29 is 17.6 Å². The highest BCUT2D eigenvalue weighted by Crippen LogP contribution is 2.26. The van der Waals surface area contributed by atoms with Crippen LogP contribution in [0.1, 0.15) is 30.0 Å². The number of para-hydroxylation sites is 1. The predicted molar refractivity (Wildman–Crippen MR) is 151 cm³/mol. The third-order valence-corrected chi connectivity index (χ3v) is 8.75. The van der Waals surface area contributed by atoms with E-state index in [1.165, 1.54) is 23.8 Å². The Labute approximate surface area is 228 Å². The number of halogens is 1. The predicted octanol–water partition coefficient (Wildman–Crippen LogP) is 5.47. The van der Waals surface area contributed by atoms with Gasteiger partial charge in [0.2, 0.25) is 5.91 Å². The summed E-state index contributed by atoms with van der Waals surface area (Å²) in [5.41, 5.74) is 5.00. The van der Waals surface area contributed by atoms with Crippen molar-refractivity contribution in [3.63, 3.8) is 0 Å². The van der Waals surface area contributed by atoms with Gasteiger partial charge in [-0.15, -0.1) is 0 Å². The molecule has 200 valence electrons. The maximum atomic E-state index is 13.6. The van der Waals surface area contributed by atoms with Crippen LogP contribution >= 0.6 is 0 Å². The molecule has 39 heavy (non-hydrogen) atoms. The lowest BCUT2D eigenvalue weighted by Gasteiger charge is -2.27. The molecule has 0 N–H and O–H groups in total. The van der Waals surface area contributed by atoms with E-state index >= 15 is 0 Å². The summed E-state index contributed by atoms with van der Waals surface area (Å²) in [6.07, 6.45) is 6.34. The molecule has 6 nitrogen and oxygen atoms in total. The Balaban J connectivity index is 1.47. The van der Waals surface area contributed by atoms with E-state index in [4.69, 9.17) is 5.10 Å². The van der Waals surface area contributed by atoms with E-state index < -0.39 is 9.84 Å². The number of benzene rings is 3. The van der Waals surface area contributed by atoms with Crippen LogP contribution in [-0.4, -0.2) is 46.6 Å². The van der Waals surface area contributed by atoms with Crippen molar-refractivity contribution in [2.75, 3.05) is 11.5 Å². The highest BCUT2D eigenvalue weighted by atomic mass is 32.2. The van der Waals surface area contributed by atoms with Gasteiger partial charge in [0.25, 0.3) is 0 Å². The van der Waals surface area contributed by atoms with Crippen LogP contribution in [0.15, 0.2) is 91.1 Å². The van der Waals surface area contributed by atoms with E-state index in [1.807, 2.05) is 60.8 Å². The molecule has 1 aliphatic heterocycles. The molecule has 1 amide bonds. The van der Waals surface area contributed by atoms with Crippen LogP contribution < -0.4 is 0 Å². The van der Waals surface area contributed by atoms with E-state index in [-0.39, 0.29) is 29.3 Å². The van der Waals surface area contributed by atoms with E-state index in [0.29, 0.717) is 29.8 Å². The van der Waals surface area contributed by atoms with Crippen LogP contribution in [0, 0.1) is 5.82 Å². The molecular formula is C31H30FN3O3S. The SMILES string of the molecule is CCc1ccc(CN(C(=O)C=Cc2cn(-c3ccccc3)nc2-c2ccc(F)cc2)C2CCS(=O)(=O)C2)cc1. The van der Waals surface area contributed by atoms with Gasteiger partial charge >= 0.3 is 0 Å². The van der Waals surface area contributed by atoms with Crippen molar-refractivity contribution >= 4 is 21.8 Å². The number of rotatable bonds is 8. The molecule has 0 saturated carbocycles. The van der Waals surface area contributed by atoms with Gasteiger partial charge in [-0.05, 0) is 66.4 Å². The summed E-state index contributed by atoms with van der Waals surface area (Å²) < 4.78 is 39.8. The molecule has 0 spiro atoms. The molecule has 3 aromatic carbocycles. The molecule has 1 aromatic heterocycles. The summed E-state index contributed by atoms with van der Waals surface area (Å²) in [5.74, 6) is -0.568. The van der Waals surface area contributed by atoms with E-state index in [2.05, 4.69) is 6.92 Å². The summed E-state index contributed by atoms with van der Waals surface area (Å²) in [6, 6.07) is 23.3. The maximum Gasteiger partial charge on any atom is 0.247 e. The van der Waals surface area contributed by atoms with E-state index in [0.717, 1.165) is 17.7 Å². The van der Waals surface area contributed by atoms with E-state index in [9.17, 15) is 17.6 Å². The fourth-order valence-corrected chi connectivity index (χ4v) is 6.53. The number of carbonyl (C=O) groups excluding carboxylic acids is 1. The Morgan fingerprint density at radius 2 is 1.72 bits per heavy atom. The smallest absolute Gasteiger partial charge is 0.247 e. The average molecular weight is 544 g/mol. The molecule has 1 fully saturated rings. The van der Waals surface area contributed by atoms with Gasteiger partial charge in [0.1, 0.15) is 5.82 Å². The lowest BCUT2D eigenvalue weighted by atomic mass is 10.1. The number of sulfone groups is 1. The molecule has 8 heteroatoms. The maximum absolute atomic E-state index is 13.6. The molecule has 2 heterocycles. The first-order valence-corrected chi connectivity index (χ1v) is 14.8. The van der Waals surface area contributed by atoms with Crippen molar-refractivity contribution in [3.8, 4) is 16.9 Å². The van der Waals surface area contributed by atoms with Crippen LogP contribution in [0.4, 0.5) is 4.39 Å². The van der Waals surface area contributed by atoms with Crippen LogP contribution in [0.2, 0.25) is 0 Å². The van der Waals surface area contributed by atoms with Gasteiger partial charge in [-0.3, -0.25) is 4.79 Å². The summed E-state index contributed by atoms with van der Waals surface area (Å²) in [7, 11) is -3.18. The monoisotopic (exact) mass is 543 g/mol. The summed E-state index contributed by atoms with van der Waals surface area (Å²) in [5, 5.41) is 4.72. The van der Waals surface area contributed by atoms with Gasteiger partial charge < -0.3 is 4.90 Å². The molecule has 1 atom stereocenters. The van der Waals surface area contributed by atoms with Gasteiger partial charge in [-0.1, -0.05) is 49.4 Å². The summed E-state index contributed by atoms with van der Waals surface area (Å²) in [6.45, 7) is 2.40. The fourth-order valence-electron chi connectivity index (χ4n) is 4.80. The van der Waals surface area contributed by atoms with Gasteiger partial charge in [-0.25, -0.2) is 17.5 Å². The highest BCUT2D eigenvalue weighted by molar-refractivity contribution is 7.91. The normalized spacial score (nSPS) is 16.5. The number of aromatic nitrogens is 2. The Morgan fingerprint density at radius 1 is 1.03 bits per heavy atom. The molecule has 1 aliphatic rings. The van der Waals surface area contributed by atoms with E-state index in [1.54, 1.807) is 27.8 Å². The largest absolute Gasteiger partial charge is 0.331 e. The molecular weight excluding hydrogens is 513 g/mol. The Hall–Kier alpha value is -4.04. The number of hydrogen-bond donors (Lipinski definition) is 0.